The first-order valence-electron chi connectivity index (χ1n) is 7.37. The smallest absolute Gasteiger partial charge is 0.137 e. The quantitative estimate of drug-likeness (QED) is 0.835. The summed E-state index contributed by atoms with van der Waals surface area (Å²) in [5.41, 5.74) is 2.38. The molecule has 3 heteroatoms. The highest BCUT2D eigenvalue weighted by molar-refractivity contribution is 5.35. The van der Waals surface area contributed by atoms with Crippen molar-refractivity contribution in [2.75, 3.05) is 26.2 Å². The molecule has 1 aromatic carbocycles. The summed E-state index contributed by atoms with van der Waals surface area (Å²) >= 11 is 0. The van der Waals surface area contributed by atoms with Crippen LogP contribution in [0.3, 0.4) is 0 Å². The Morgan fingerprint density at radius 1 is 1.21 bits per heavy atom. The number of rotatable bonds is 5. The summed E-state index contributed by atoms with van der Waals surface area (Å²) in [6.07, 6.45) is 3.56. The molecule has 0 aromatic heterocycles. The molecule has 1 aliphatic heterocycles. The molecule has 1 aliphatic rings. The largest absolute Gasteiger partial charge is 0.490 e. The molecule has 2 N–H and O–H groups in total. The monoisotopic (exact) mass is 264 g/mol. The highest BCUT2D eigenvalue weighted by atomic mass is 16.5. The molecule has 106 valence electrons. The van der Waals surface area contributed by atoms with Gasteiger partial charge in [0.05, 0.1) is 13.1 Å². The second-order valence-corrected chi connectivity index (χ2v) is 5.75. The molecule has 0 amide bonds. The zero-order valence-electron chi connectivity index (χ0n) is 12.1. The molecular formula is C16H26NO2+. The number of hydrogen-bond acceptors (Lipinski definition) is 2. The Hall–Kier alpha value is -1.06. The fraction of sp³-hybridized carbons (Fsp3) is 0.625. The van der Waals surface area contributed by atoms with E-state index in [9.17, 15) is 5.11 Å². The van der Waals surface area contributed by atoms with E-state index in [1.54, 1.807) is 0 Å². The van der Waals surface area contributed by atoms with Crippen LogP contribution in [0.4, 0.5) is 0 Å². The van der Waals surface area contributed by atoms with Gasteiger partial charge in [-0.2, -0.15) is 0 Å². The van der Waals surface area contributed by atoms with Gasteiger partial charge in [0.2, 0.25) is 0 Å². The maximum absolute atomic E-state index is 10.1. The second kappa shape index (κ2) is 6.92. The van der Waals surface area contributed by atoms with Crippen molar-refractivity contribution in [3.8, 4) is 5.75 Å². The van der Waals surface area contributed by atoms with E-state index < -0.39 is 0 Å². The minimum Gasteiger partial charge on any atom is -0.490 e. The Morgan fingerprint density at radius 2 is 1.95 bits per heavy atom. The van der Waals surface area contributed by atoms with Gasteiger partial charge in [0.15, 0.2) is 0 Å². The summed E-state index contributed by atoms with van der Waals surface area (Å²) in [7, 11) is 0. The van der Waals surface area contributed by atoms with Crippen LogP contribution in [-0.4, -0.2) is 37.5 Å². The Balaban J connectivity index is 1.77. The molecule has 1 heterocycles. The molecule has 2 rings (SSSR count). The number of benzene rings is 1. The molecule has 3 nitrogen and oxygen atoms in total. The summed E-state index contributed by atoms with van der Waals surface area (Å²) in [5, 5.41) is 10.1. The fourth-order valence-corrected chi connectivity index (χ4v) is 2.80. The summed E-state index contributed by atoms with van der Waals surface area (Å²) in [6, 6.07) is 6.15. The van der Waals surface area contributed by atoms with Crippen molar-refractivity contribution >= 4 is 0 Å². The minimum absolute atomic E-state index is 0.367. The van der Waals surface area contributed by atoms with E-state index in [1.807, 2.05) is 19.1 Å². The standard InChI is InChI=1S/C16H25NO2/c1-13-6-7-16(14(2)10-13)19-12-15(18)11-17-8-4-3-5-9-17/h6-7,10,15,18H,3-5,8-9,11-12H2,1-2H3/p+1/t15-/m1/s1. The number of aliphatic hydroxyl groups excluding tert-OH is 1. The molecule has 1 aromatic rings. The maximum atomic E-state index is 10.1. The van der Waals surface area contributed by atoms with E-state index in [-0.39, 0.29) is 6.10 Å². The molecule has 0 radical (unpaired) electrons. The van der Waals surface area contributed by atoms with Crippen LogP contribution in [0.1, 0.15) is 30.4 Å². The van der Waals surface area contributed by atoms with Gasteiger partial charge in [-0.1, -0.05) is 17.7 Å². The molecule has 19 heavy (non-hydrogen) atoms. The van der Waals surface area contributed by atoms with Gasteiger partial charge >= 0.3 is 0 Å². The van der Waals surface area contributed by atoms with Crippen LogP contribution < -0.4 is 9.64 Å². The summed E-state index contributed by atoms with van der Waals surface area (Å²) in [6.45, 7) is 7.72. The first kappa shape index (κ1) is 14.4. The molecular weight excluding hydrogens is 238 g/mol. The number of nitrogens with one attached hydrogen (secondary N) is 1. The SMILES string of the molecule is Cc1ccc(OC[C@H](O)C[NH+]2CCCCC2)c(C)c1. The Morgan fingerprint density at radius 3 is 2.63 bits per heavy atom. The van der Waals surface area contributed by atoms with Gasteiger partial charge in [-0.05, 0) is 44.7 Å². The van der Waals surface area contributed by atoms with Crippen LogP contribution in [0.5, 0.6) is 5.75 Å². The van der Waals surface area contributed by atoms with Gasteiger partial charge in [-0.25, -0.2) is 0 Å². The van der Waals surface area contributed by atoms with E-state index in [1.165, 1.54) is 42.8 Å². The molecule has 0 bridgehead atoms. The van der Waals surface area contributed by atoms with Gasteiger partial charge in [0, 0.05) is 0 Å². The zero-order chi connectivity index (χ0) is 13.7. The average Bonchev–Trinajstić information content (AvgIpc) is 2.39. The zero-order valence-corrected chi connectivity index (χ0v) is 12.1. The summed E-state index contributed by atoms with van der Waals surface area (Å²) < 4.78 is 5.73. The van der Waals surface area contributed by atoms with Gasteiger partial charge < -0.3 is 14.7 Å². The third-order valence-electron chi connectivity index (χ3n) is 3.85. The van der Waals surface area contributed by atoms with Gasteiger partial charge in [-0.3, -0.25) is 0 Å². The van der Waals surface area contributed by atoms with E-state index in [0.717, 1.165) is 17.9 Å². The molecule has 1 saturated heterocycles. The molecule has 0 spiro atoms. The van der Waals surface area contributed by atoms with Gasteiger partial charge in [0.25, 0.3) is 0 Å². The normalized spacial score (nSPS) is 18.3. The lowest BCUT2D eigenvalue weighted by Gasteiger charge is -2.25. The molecule has 1 atom stereocenters. The lowest BCUT2D eigenvalue weighted by atomic mass is 10.1. The number of piperidine rings is 1. The Bertz CT molecular complexity index is 400. The third-order valence-corrected chi connectivity index (χ3v) is 3.85. The number of ether oxygens (including phenoxy) is 1. The number of quaternary nitrogens is 1. The highest BCUT2D eigenvalue weighted by Crippen LogP contribution is 2.18. The summed E-state index contributed by atoms with van der Waals surface area (Å²) in [4.78, 5) is 1.52. The lowest BCUT2D eigenvalue weighted by molar-refractivity contribution is -0.908. The minimum atomic E-state index is -0.367. The van der Waals surface area contributed by atoms with E-state index >= 15 is 0 Å². The number of aliphatic hydroxyl groups is 1. The number of hydrogen-bond donors (Lipinski definition) is 2. The summed E-state index contributed by atoms with van der Waals surface area (Å²) in [5.74, 6) is 0.887. The van der Waals surface area contributed by atoms with Crippen molar-refractivity contribution < 1.29 is 14.7 Å². The third kappa shape index (κ3) is 4.51. The first-order valence-corrected chi connectivity index (χ1v) is 7.37. The van der Waals surface area contributed by atoms with Crippen LogP contribution in [-0.2, 0) is 0 Å². The van der Waals surface area contributed by atoms with Crippen molar-refractivity contribution in [1.29, 1.82) is 0 Å². The van der Waals surface area contributed by atoms with E-state index in [4.69, 9.17) is 4.74 Å². The highest BCUT2D eigenvalue weighted by Gasteiger charge is 2.18. The first-order chi connectivity index (χ1) is 9.15. The van der Waals surface area contributed by atoms with Crippen LogP contribution in [0, 0.1) is 13.8 Å². The Labute approximate surface area is 116 Å². The van der Waals surface area contributed by atoms with Crippen molar-refractivity contribution in [3.05, 3.63) is 29.3 Å². The van der Waals surface area contributed by atoms with Crippen LogP contribution in [0.15, 0.2) is 18.2 Å². The van der Waals surface area contributed by atoms with Crippen molar-refractivity contribution in [3.63, 3.8) is 0 Å². The maximum Gasteiger partial charge on any atom is 0.137 e. The number of aryl methyl sites for hydroxylation is 2. The van der Waals surface area contributed by atoms with Crippen molar-refractivity contribution in [2.24, 2.45) is 0 Å². The van der Waals surface area contributed by atoms with Crippen LogP contribution in [0.25, 0.3) is 0 Å². The van der Waals surface area contributed by atoms with Gasteiger partial charge in [0.1, 0.15) is 25.0 Å². The van der Waals surface area contributed by atoms with Crippen LogP contribution >= 0.6 is 0 Å². The predicted molar refractivity (Wildman–Crippen MR) is 76.8 cm³/mol. The molecule has 0 saturated carbocycles. The van der Waals surface area contributed by atoms with Crippen molar-refractivity contribution in [1.82, 2.24) is 0 Å². The van der Waals surface area contributed by atoms with Crippen molar-refractivity contribution in [2.45, 2.75) is 39.2 Å². The number of likely N-dealkylation sites (tertiary alicyclic amines) is 1. The molecule has 0 aliphatic carbocycles. The topological polar surface area (TPSA) is 33.9 Å². The molecule has 0 unspecified atom stereocenters. The van der Waals surface area contributed by atoms with Crippen LogP contribution in [0.2, 0.25) is 0 Å². The van der Waals surface area contributed by atoms with E-state index in [0.29, 0.717) is 6.61 Å². The lowest BCUT2D eigenvalue weighted by Crippen LogP contribution is -3.14. The Kier molecular flexibility index (Phi) is 5.23. The molecule has 1 fully saturated rings. The predicted octanol–water partition coefficient (Wildman–Crippen LogP) is 1.11. The average molecular weight is 264 g/mol. The second-order valence-electron chi connectivity index (χ2n) is 5.75. The van der Waals surface area contributed by atoms with E-state index in [2.05, 4.69) is 13.0 Å². The van der Waals surface area contributed by atoms with Gasteiger partial charge in [-0.15, -0.1) is 0 Å². The fourth-order valence-electron chi connectivity index (χ4n) is 2.80.